The van der Waals surface area contributed by atoms with E-state index in [1.807, 2.05) is 6.07 Å². The standard InChI is InChI=1S/C24H24ClF3N6O/c1-2-16(24(26,27)28)22(35)30-13-14-5-6-17(25)18(9-14)31-23-32-19-10-15(12-29)21(11-20(19)33-23)34-7-3-4-8-34/h5-6,9-11,16H,2-4,7-8,13H2,1H3,(H,30,35)(H2,31,32,33). The minimum Gasteiger partial charge on any atom is -0.370 e. The number of nitrogens with one attached hydrogen (secondary N) is 3. The summed E-state index contributed by atoms with van der Waals surface area (Å²) in [6, 6.07) is 10.8. The monoisotopic (exact) mass is 504 g/mol. The van der Waals surface area contributed by atoms with Crippen LogP contribution in [0.3, 0.4) is 0 Å². The molecular formula is C24H24ClF3N6O. The van der Waals surface area contributed by atoms with Crippen LogP contribution < -0.4 is 15.5 Å². The largest absolute Gasteiger partial charge is 0.400 e. The number of aromatic amines is 1. The van der Waals surface area contributed by atoms with Gasteiger partial charge < -0.3 is 20.5 Å². The van der Waals surface area contributed by atoms with Gasteiger partial charge in [-0.1, -0.05) is 24.6 Å². The number of carbonyl (C=O) groups is 1. The van der Waals surface area contributed by atoms with Crippen LogP contribution >= 0.6 is 11.6 Å². The highest BCUT2D eigenvalue weighted by Crippen LogP contribution is 2.32. The van der Waals surface area contributed by atoms with Gasteiger partial charge in [0, 0.05) is 19.6 Å². The van der Waals surface area contributed by atoms with Gasteiger partial charge in [-0.05, 0) is 49.1 Å². The third kappa shape index (κ3) is 5.46. The fourth-order valence-corrected chi connectivity index (χ4v) is 4.36. The number of nitriles is 1. The van der Waals surface area contributed by atoms with Crippen LogP contribution in [0.25, 0.3) is 11.0 Å². The molecule has 0 spiro atoms. The lowest BCUT2D eigenvalue weighted by Gasteiger charge is -2.18. The number of amides is 1. The molecule has 0 radical (unpaired) electrons. The Kier molecular flexibility index (Phi) is 7.08. The molecule has 35 heavy (non-hydrogen) atoms. The van der Waals surface area contributed by atoms with Crippen molar-refractivity contribution in [2.24, 2.45) is 5.92 Å². The first kappa shape index (κ1) is 24.7. The lowest BCUT2D eigenvalue weighted by atomic mass is 10.1. The van der Waals surface area contributed by atoms with E-state index in [0.717, 1.165) is 31.6 Å². The van der Waals surface area contributed by atoms with Crippen LogP contribution in [0, 0.1) is 17.2 Å². The molecule has 4 rings (SSSR count). The van der Waals surface area contributed by atoms with Crippen molar-refractivity contribution in [3.63, 3.8) is 0 Å². The molecule has 11 heteroatoms. The minimum atomic E-state index is -4.59. The summed E-state index contributed by atoms with van der Waals surface area (Å²) in [6.07, 6.45) is -2.75. The molecule has 1 fully saturated rings. The number of imidazole rings is 1. The van der Waals surface area contributed by atoms with Crippen molar-refractivity contribution in [2.75, 3.05) is 23.3 Å². The van der Waals surface area contributed by atoms with E-state index >= 15 is 0 Å². The van der Waals surface area contributed by atoms with Crippen LogP contribution in [-0.4, -0.2) is 35.1 Å². The van der Waals surface area contributed by atoms with Crippen molar-refractivity contribution < 1.29 is 18.0 Å². The van der Waals surface area contributed by atoms with Crippen LogP contribution in [0.4, 0.5) is 30.5 Å². The Morgan fingerprint density at radius 2 is 2.03 bits per heavy atom. The summed E-state index contributed by atoms with van der Waals surface area (Å²) in [4.78, 5) is 21.9. The molecule has 1 atom stereocenters. The van der Waals surface area contributed by atoms with Gasteiger partial charge in [-0.2, -0.15) is 18.4 Å². The van der Waals surface area contributed by atoms with Crippen LogP contribution in [0.5, 0.6) is 0 Å². The summed E-state index contributed by atoms with van der Waals surface area (Å²) in [5, 5.41) is 15.4. The lowest BCUT2D eigenvalue weighted by Crippen LogP contribution is -2.38. The van der Waals surface area contributed by atoms with Gasteiger partial charge in [0.05, 0.1) is 33.0 Å². The van der Waals surface area contributed by atoms with Crippen molar-refractivity contribution in [1.82, 2.24) is 15.3 Å². The average molecular weight is 505 g/mol. The molecule has 1 unspecified atom stereocenters. The predicted octanol–water partition coefficient (Wildman–Crippen LogP) is 5.64. The van der Waals surface area contributed by atoms with Gasteiger partial charge in [0.15, 0.2) is 0 Å². The summed E-state index contributed by atoms with van der Waals surface area (Å²) >= 11 is 6.31. The molecule has 1 amide bonds. The molecule has 0 saturated carbocycles. The second-order valence-corrected chi connectivity index (χ2v) is 8.84. The SMILES string of the molecule is CCC(C(=O)NCc1ccc(Cl)c(Nc2nc3cc(N4CCCC4)c(C#N)cc3[nH]2)c1)C(F)(F)F. The third-order valence-corrected chi connectivity index (χ3v) is 6.37. The Morgan fingerprint density at radius 3 is 2.69 bits per heavy atom. The molecule has 7 nitrogen and oxygen atoms in total. The topological polar surface area (TPSA) is 96.8 Å². The molecule has 3 aromatic rings. The third-order valence-electron chi connectivity index (χ3n) is 6.04. The highest BCUT2D eigenvalue weighted by Gasteiger charge is 2.43. The highest BCUT2D eigenvalue weighted by molar-refractivity contribution is 6.33. The second kappa shape index (κ2) is 10.0. The number of halogens is 4. The van der Waals surface area contributed by atoms with Crippen molar-refractivity contribution in [1.29, 1.82) is 5.26 Å². The number of rotatable bonds is 7. The van der Waals surface area contributed by atoms with E-state index in [1.165, 1.54) is 6.92 Å². The number of anilines is 3. The van der Waals surface area contributed by atoms with Crippen molar-refractivity contribution in [2.45, 2.75) is 38.9 Å². The van der Waals surface area contributed by atoms with Crippen molar-refractivity contribution in [3.05, 3.63) is 46.5 Å². The highest BCUT2D eigenvalue weighted by atomic mass is 35.5. The quantitative estimate of drug-likeness (QED) is 0.387. The maximum atomic E-state index is 13.0. The van der Waals surface area contributed by atoms with E-state index in [0.29, 0.717) is 38.8 Å². The number of aromatic nitrogens is 2. The second-order valence-electron chi connectivity index (χ2n) is 8.44. The van der Waals surface area contributed by atoms with E-state index in [2.05, 4.69) is 31.6 Å². The molecule has 0 aliphatic carbocycles. The molecule has 184 valence electrons. The van der Waals surface area contributed by atoms with Gasteiger partial charge in [-0.15, -0.1) is 0 Å². The molecule has 1 aromatic heterocycles. The number of hydrogen-bond donors (Lipinski definition) is 3. The van der Waals surface area contributed by atoms with Crippen molar-refractivity contribution >= 4 is 45.9 Å². The first-order valence-corrected chi connectivity index (χ1v) is 11.7. The average Bonchev–Trinajstić information content (AvgIpc) is 3.47. The Bertz CT molecular complexity index is 1280. The number of H-pyrrole nitrogens is 1. The molecular weight excluding hydrogens is 481 g/mol. The fourth-order valence-electron chi connectivity index (χ4n) is 4.20. The van der Waals surface area contributed by atoms with Crippen molar-refractivity contribution in [3.8, 4) is 6.07 Å². The van der Waals surface area contributed by atoms with Gasteiger partial charge in [-0.25, -0.2) is 4.98 Å². The smallest absolute Gasteiger partial charge is 0.370 e. The molecule has 3 N–H and O–H groups in total. The number of carbonyl (C=O) groups excluding carboxylic acids is 1. The number of nitrogens with zero attached hydrogens (tertiary/aromatic N) is 3. The predicted molar refractivity (Wildman–Crippen MR) is 129 cm³/mol. The van der Waals surface area contributed by atoms with E-state index in [4.69, 9.17) is 11.6 Å². The summed E-state index contributed by atoms with van der Waals surface area (Å²) in [5.74, 6) is -2.72. The van der Waals surface area contributed by atoms with E-state index in [1.54, 1.807) is 24.3 Å². The zero-order valence-electron chi connectivity index (χ0n) is 19.0. The minimum absolute atomic E-state index is 0.0812. The van der Waals surface area contributed by atoms with Gasteiger partial charge in [0.2, 0.25) is 11.9 Å². The van der Waals surface area contributed by atoms with Crippen LogP contribution in [-0.2, 0) is 11.3 Å². The van der Waals surface area contributed by atoms with E-state index in [9.17, 15) is 23.2 Å². The molecule has 0 bridgehead atoms. The first-order chi connectivity index (χ1) is 16.7. The summed E-state index contributed by atoms with van der Waals surface area (Å²) in [6.45, 7) is 3.04. The lowest BCUT2D eigenvalue weighted by molar-refractivity contribution is -0.183. The summed E-state index contributed by atoms with van der Waals surface area (Å²) in [5.41, 5.74) is 3.84. The van der Waals surface area contributed by atoms with Gasteiger partial charge in [0.25, 0.3) is 0 Å². The van der Waals surface area contributed by atoms with Gasteiger partial charge in [0.1, 0.15) is 12.0 Å². The zero-order chi connectivity index (χ0) is 25.2. The molecule has 1 saturated heterocycles. The zero-order valence-corrected chi connectivity index (χ0v) is 19.7. The Hall–Kier alpha value is -3.45. The normalized spacial score (nSPS) is 14.7. The Morgan fingerprint density at radius 1 is 1.29 bits per heavy atom. The van der Waals surface area contributed by atoms with Crippen LogP contribution in [0.15, 0.2) is 30.3 Å². The fraction of sp³-hybridized carbons (Fsp3) is 0.375. The van der Waals surface area contributed by atoms with Crippen LogP contribution in [0.1, 0.15) is 37.3 Å². The first-order valence-electron chi connectivity index (χ1n) is 11.3. The van der Waals surface area contributed by atoms with Gasteiger partial charge >= 0.3 is 6.18 Å². The van der Waals surface area contributed by atoms with E-state index < -0.39 is 18.0 Å². The Labute approximate surface area is 205 Å². The number of fused-ring (bicyclic) bond motifs is 1. The van der Waals surface area contributed by atoms with Gasteiger partial charge in [-0.3, -0.25) is 4.79 Å². The van der Waals surface area contributed by atoms with E-state index in [-0.39, 0.29) is 13.0 Å². The maximum absolute atomic E-state index is 13.0. The molecule has 2 aromatic carbocycles. The summed E-state index contributed by atoms with van der Waals surface area (Å²) < 4.78 is 39.0. The van der Waals surface area contributed by atoms with Crippen LogP contribution in [0.2, 0.25) is 5.02 Å². The molecule has 2 heterocycles. The number of hydrogen-bond acceptors (Lipinski definition) is 5. The Balaban J connectivity index is 1.52. The summed E-state index contributed by atoms with van der Waals surface area (Å²) in [7, 11) is 0. The molecule has 1 aliphatic heterocycles. The molecule has 1 aliphatic rings. The number of alkyl halides is 3. The number of benzene rings is 2. The maximum Gasteiger partial charge on any atom is 0.400 e.